The van der Waals surface area contributed by atoms with E-state index in [1.807, 2.05) is 48.7 Å². The van der Waals surface area contributed by atoms with Crippen LogP contribution >= 0.6 is 11.8 Å². The summed E-state index contributed by atoms with van der Waals surface area (Å²) in [5.41, 5.74) is 1.56. The number of hydrogen-bond donors (Lipinski definition) is 0. The largest absolute Gasteiger partial charge is 0.339 e. The van der Waals surface area contributed by atoms with Crippen molar-refractivity contribution < 1.29 is 9.32 Å². The van der Waals surface area contributed by atoms with Crippen molar-refractivity contribution >= 4 is 23.4 Å². The minimum absolute atomic E-state index is 0.0702. The maximum Gasteiger partial charge on any atom is 0.232 e. The molecule has 1 amide bonds. The summed E-state index contributed by atoms with van der Waals surface area (Å²) in [4.78, 5) is 24.0. The molecule has 0 bridgehead atoms. The van der Waals surface area contributed by atoms with E-state index in [1.165, 1.54) is 0 Å². The lowest BCUT2D eigenvalue weighted by Gasteiger charge is -2.16. The lowest BCUT2D eigenvalue weighted by molar-refractivity contribution is -0.117. The van der Waals surface area contributed by atoms with E-state index < -0.39 is 0 Å². The zero-order chi connectivity index (χ0) is 17.2. The van der Waals surface area contributed by atoms with Gasteiger partial charge in [-0.25, -0.2) is 0 Å². The molecule has 3 heterocycles. The average Bonchev–Trinajstić information content (AvgIpc) is 3.29. The van der Waals surface area contributed by atoms with Crippen molar-refractivity contribution in [3.05, 3.63) is 54.6 Å². The standard InChI is InChI=1S/C18H16N4O2S/c1-25-14-6-4-5-13(10-14)22-11-12(9-16(22)23)18-20-17(21-24-18)15-7-2-3-8-19-15/h2-8,10,12H,9,11H2,1H3. The topological polar surface area (TPSA) is 72.1 Å². The fraction of sp³-hybridized carbons (Fsp3) is 0.222. The van der Waals surface area contributed by atoms with E-state index in [0.29, 0.717) is 30.4 Å². The van der Waals surface area contributed by atoms with Crippen LogP contribution < -0.4 is 4.90 Å². The van der Waals surface area contributed by atoms with Gasteiger partial charge < -0.3 is 9.42 Å². The lowest BCUT2D eigenvalue weighted by atomic mass is 10.1. The molecule has 4 rings (SSSR count). The Kier molecular flexibility index (Phi) is 4.23. The SMILES string of the molecule is CSc1cccc(N2CC(c3nc(-c4ccccn4)no3)CC2=O)c1. The Morgan fingerprint density at radius 1 is 1.24 bits per heavy atom. The molecule has 1 aliphatic heterocycles. The van der Waals surface area contributed by atoms with E-state index in [0.717, 1.165) is 10.6 Å². The van der Waals surface area contributed by atoms with Crippen molar-refractivity contribution in [2.75, 3.05) is 17.7 Å². The van der Waals surface area contributed by atoms with Crippen LogP contribution in [0.15, 0.2) is 58.1 Å². The highest BCUT2D eigenvalue weighted by atomic mass is 32.2. The molecule has 0 N–H and O–H groups in total. The molecule has 0 aliphatic carbocycles. The van der Waals surface area contributed by atoms with Crippen molar-refractivity contribution in [1.82, 2.24) is 15.1 Å². The first-order chi connectivity index (χ1) is 12.2. The Morgan fingerprint density at radius 3 is 2.96 bits per heavy atom. The summed E-state index contributed by atoms with van der Waals surface area (Å²) in [5.74, 6) is 0.902. The van der Waals surface area contributed by atoms with Crippen LogP contribution in [-0.2, 0) is 4.79 Å². The van der Waals surface area contributed by atoms with Gasteiger partial charge in [-0.2, -0.15) is 4.98 Å². The number of hydrogen-bond acceptors (Lipinski definition) is 6. The van der Waals surface area contributed by atoms with E-state index in [-0.39, 0.29) is 11.8 Å². The summed E-state index contributed by atoms with van der Waals surface area (Å²) in [7, 11) is 0. The highest BCUT2D eigenvalue weighted by molar-refractivity contribution is 7.98. The van der Waals surface area contributed by atoms with Gasteiger partial charge in [0.25, 0.3) is 0 Å². The van der Waals surface area contributed by atoms with Crippen molar-refractivity contribution in [3.63, 3.8) is 0 Å². The second-order valence-corrected chi connectivity index (χ2v) is 6.66. The molecule has 0 radical (unpaired) electrons. The number of amides is 1. The maximum absolute atomic E-state index is 12.5. The number of rotatable bonds is 4. The molecule has 2 aromatic heterocycles. The van der Waals surface area contributed by atoms with Gasteiger partial charge in [0.15, 0.2) is 0 Å². The number of carbonyl (C=O) groups is 1. The van der Waals surface area contributed by atoms with Crippen LogP contribution in [-0.4, -0.2) is 33.8 Å². The summed E-state index contributed by atoms with van der Waals surface area (Å²) in [5, 5.41) is 4.00. The first kappa shape index (κ1) is 15.8. The van der Waals surface area contributed by atoms with E-state index >= 15 is 0 Å². The van der Waals surface area contributed by atoms with Gasteiger partial charge in [-0.05, 0) is 36.6 Å². The zero-order valence-corrected chi connectivity index (χ0v) is 14.4. The highest BCUT2D eigenvalue weighted by Gasteiger charge is 2.35. The van der Waals surface area contributed by atoms with E-state index in [1.54, 1.807) is 22.9 Å². The van der Waals surface area contributed by atoms with Gasteiger partial charge >= 0.3 is 0 Å². The second-order valence-electron chi connectivity index (χ2n) is 5.78. The third-order valence-corrected chi connectivity index (χ3v) is 4.90. The average molecular weight is 352 g/mol. The summed E-state index contributed by atoms with van der Waals surface area (Å²) in [6.07, 6.45) is 4.07. The third kappa shape index (κ3) is 3.15. The number of benzene rings is 1. The van der Waals surface area contributed by atoms with Crippen LogP contribution in [0.25, 0.3) is 11.5 Å². The minimum Gasteiger partial charge on any atom is -0.339 e. The molecule has 0 spiro atoms. The molecule has 1 aromatic carbocycles. The van der Waals surface area contributed by atoms with Gasteiger partial charge in [0.2, 0.25) is 17.6 Å². The van der Waals surface area contributed by atoms with Gasteiger partial charge in [-0.3, -0.25) is 9.78 Å². The molecule has 25 heavy (non-hydrogen) atoms. The molecular weight excluding hydrogens is 336 g/mol. The molecule has 1 saturated heterocycles. The predicted octanol–water partition coefficient (Wildman–Crippen LogP) is 3.37. The monoisotopic (exact) mass is 352 g/mol. The first-order valence-corrected chi connectivity index (χ1v) is 9.16. The van der Waals surface area contributed by atoms with Crippen LogP contribution in [0.3, 0.4) is 0 Å². The van der Waals surface area contributed by atoms with Crippen molar-refractivity contribution in [1.29, 1.82) is 0 Å². The maximum atomic E-state index is 12.5. The summed E-state index contributed by atoms with van der Waals surface area (Å²) in [6, 6.07) is 13.5. The van der Waals surface area contributed by atoms with Crippen molar-refractivity contribution in [2.24, 2.45) is 0 Å². The van der Waals surface area contributed by atoms with E-state index in [4.69, 9.17) is 4.52 Å². The van der Waals surface area contributed by atoms with Crippen LogP contribution in [0.5, 0.6) is 0 Å². The Labute approximate surface area is 149 Å². The van der Waals surface area contributed by atoms with Gasteiger partial charge in [0.05, 0.1) is 5.92 Å². The van der Waals surface area contributed by atoms with Crippen molar-refractivity contribution in [3.8, 4) is 11.5 Å². The van der Waals surface area contributed by atoms with Gasteiger partial charge in [0, 0.05) is 29.7 Å². The highest BCUT2D eigenvalue weighted by Crippen LogP contribution is 2.33. The number of aromatic nitrogens is 3. The third-order valence-electron chi connectivity index (χ3n) is 4.17. The number of pyridine rings is 1. The molecule has 7 heteroatoms. The fourth-order valence-electron chi connectivity index (χ4n) is 2.90. The van der Waals surface area contributed by atoms with Gasteiger partial charge in [-0.1, -0.05) is 17.3 Å². The quantitative estimate of drug-likeness (QED) is 0.670. The first-order valence-electron chi connectivity index (χ1n) is 7.94. The molecule has 6 nitrogen and oxygen atoms in total. The molecule has 1 atom stereocenters. The number of carbonyl (C=O) groups excluding carboxylic acids is 1. The molecule has 126 valence electrons. The van der Waals surface area contributed by atoms with Crippen LogP contribution in [0.2, 0.25) is 0 Å². The summed E-state index contributed by atoms with van der Waals surface area (Å²) < 4.78 is 5.40. The van der Waals surface area contributed by atoms with E-state index in [2.05, 4.69) is 15.1 Å². The summed E-state index contributed by atoms with van der Waals surface area (Å²) >= 11 is 1.66. The van der Waals surface area contributed by atoms with Crippen molar-refractivity contribution in [2.45, 2.75) is 17.2 Å². The molecular formula is C18H16N4O2S. The number of thioether (sulfide) groups is 1. The molecule has 0 saturated carbocycles. The molecule has 1 aliphatic rings. The number of nitrogens with zero attached hydrogens (tertiary/aromatic N) is 4. The minimum atomic E-state index is -0.101. The fourth-order valence-corrected chi connectivity index (χ4v) is 3.35. The van der Waals surface area contributed by atoms with E-state index in [9.17, 15) is 4.79 Å². The van der Waals surface area contributed by atoms with Crippen LogP contribution in [0, 0.1) is 0 Å². The smallest absolute Gasteiger partial charge is 0.232 e. The molecule has 1 fully saturated rings. The Bertz CT molecular complexity index is 897. The normalized spacial score (nSPS) is 17.2. The predicted molar refractivity (Wildman–Crippen MR) is 95.5 cm³/mol. The Morgan fingerprint density at radius 2 is 2.16 bits per heavy atom. The van der Waals surface area contributed by atoms with Gasteiger partial charge in [0.1, 0.15) is 5.69 Å². The summed E-state index contributed by atoms with van der Waals surface area (Å²) in [6.45, 7) is 0.542. The Hall–Kier alpha value is -2.67. The number of anilines is 1. The van der Waals surface area contributed by atoms with Crippen LogP contribution in [0.4, 0.5) is 5.69 Å². The molecule has 3 aromatic rings. The van der Waals surface area contributed by atoms with Crippen LogP contribution in [0.1, 0.15) is 18.2 Å². The second kappa shape index (κ2) is 6.68. The Balaban J connectivity index is 1.55. The lowest BCUT2D eigenvalue weighted by Crippen LogP contribution is -2.24. The zero-order valence-electron chi connectivity index (χ0n) is 13.6. The molecule has 1 unspecified atom stereocenters. The van der Waals surface area contributed by atoms with Gasteiger partial charge in [-0.15, -0.1) is 11.8 Å².